The van der Waals surface area contributed by atoms with E-state index in [2.05, 4.69) is 10.6 Å². The number of aryl methyl sites for hydroxylation is 1. The van der Waals surface area contributed by atoms with Crippen LogP contribution in [0.4, 0.5) is 10.5 Å². The minimum atomic E-state index is -0.673. The Morgan fingerprint density at radius 1 is 1.09 bits per heavy atom. The number of anilines is 1. The molecule has 2 aromatic carbocycles. The predicted molar refractivity (Wildman–Crippen MR) is 88.8 cm³/mol. The number of amides is 2. The third-order valence-corrected chi connectivity index (χ3v) is 3.61. The van der Waals surface area contributed by atoms with Crippen LogP contribution in [0, 0.1) is 6.92 Å². The lowest BCUT2D eigenvalue weighted by atomic mass is 10.1. The van der Waals surface area contributed by atoms with Crippen LogP contribution in [0.25, 0.3) is 0 Å². The van der Waals surface area contributed by atoms with Crippen LogP contribution in [-0.4, -0.2) is 11.8 Å². The minimum Gasteiger partial charge on any atom is -0.449 e. The lowest BCUT2D eigenvalue weighted by Gasteiger charge is -2.16. The highest BCUT2D eigenvalue weighted by Crippen LogP contribution is 2.40. The molecule has 2 N–H and O–H groups in total. The number of hydrogen-bond acceptors (Lipinski definition) is 3. The Morgan fingerprint density at radius 3 is 2.61 bits per heavy atom. The molecule has 3 rings (SSSR count). The zero-order chi connectivity index (χ0) is 16.4. The Morgan fingerprint density at radius 2 is 1.83 bits per heavy atom. The molecule has 0 aromatic heterocycles. The second kappa shape index (κ2) is 5.83. The van der Waals surface area contributed by atoms with Gasteiger partial charge in [0.25, 0.3) is 0 Å². The summed E-state index contributed by atoms with van der Waals surface area (Å²) in [7, 11) is 0. The van der Waals surface area contributed by atoms with Crippen LogP contribution >= 0.6 is 0 Å². The van der Waals surface area contributed by atoms with Gasteiger partial charge < -0.3 is 20.1 Å². The highest BCUT2D eigenvalue weighted by molar-refractivity contribution is 5.89. The van der Waals surface area contributed by atoms with E-state index in [-0.39, 0.29) is 6.03 Å². The van der Waals surface area contributed by atoms with Crippen molar-refractivity contribution < 1.29 is 14.3 Å². The maximum absolute atomic E-state index is 12.0. The van der Waals surface area contributed by atoms with E-state index in [9.17, 15) is 4.79 Å². The van der Waals surface area contributed by atoms with Gasteiger partial charge in [-0.05, 0) is 30.2 Å². The molecule has 0 unspecified atom stereocenters. The van der Waals surface area contributed by atoms with Crippen LogP contribution in [0.2, 0.25) is 0 Å². The van der Waals surface area contributed by atoms with Gasteiger partial charge in [-0.25, -0.2) is 4.79 Å². The van der Waals surface area contributed by atoms with Gasteiger partial charge in [0.15, 0.2) is 11.5 Å². The van der Waals surface area contributed by atoms with E-state index in [0.717, 1.165) is 11.1 Å². The Bertz CT molecular complexity index is 741. The predicted octanol–water partition coefficient (Wildman–Crippen LogP) is 3.82. The van der Waals surface area contributed by atoms with E-state index < -0.39 is 5.79 Å². The van der Waals surface area contributed by atoms with E-state index in [1.54, 1.807) is 18.2 Å². The van der Waals surface area contributed by atoms with Gasteiger partial charge in [-0.1, -0.05) is 24.3 Å². The molecule has 23 heavy (non-hydrogen) atoms. The molecule has 0 spiro atoms. The molecule has 0 radical (unpaired) electrons. The van der Waals surface area contributed by atoms with E-state index in [1.807, 2.05) is 45.0 Å². The van der Waals surface area contributed by atoms with Crippen LogP contribution in [0.5, 0.6) is 11.5 Å². The standard InChI is InChI=1S/C18H20N2O3/c1-12-6-4-5-7-13(12)11-19-17(21)20-14-8-9-15-16(10-14)23-18(2,3)22-15/h4-10H,11H2,1-3H3,(H2,19,20,21). The van der Waals surface area contributed by atoms with Gasteiger partial charge in [-0.2, -0.15) is 0 Å². The molecule has 120 valence electrons. The van der Waals surface area contributed by atoms with Crippen molar-refractivity contribution in [1.29, 1.82) is 0 Å². The normalized spacial score (nSPS) is 14.4. The van der Waals surface area contributed by atoms with Gasteiger partial charge in [-0.15, -0.1) is 0 Å². The minimum absolute atomic E-state index is 0.258. The summed E-state index contributed by atoms with van der Waals surface area (Å²) >= 11 is 0. The molecule has 1 aliphatic rings. The quantitative estimate of drug-likeness (QED) is 0.905. The molecular formula is C18H20N2O3. The van der Waals surface area contributed by atoms with Gasteiger partial charge in [0, 0.05) is 32.1 Å². The lowest BCUT2D eigenvalue weighted by Crippen LogP contribution is -2.29. The summed E-state index contributed by atoms with van der Waals surface area (Å²) in [6.45, 7) is 6.19. The molecule has 0 saturated heterocycles. The summed E-state index contributed by atoms with van der Waals surface area (Å²) in [6.07, 6.45) is 0. The molecule has 2 amide bonds. The summed E-state index contributed by atoms with van der Waals surface area (Å²) in [4.78, 5) is 12.0. The highest BCUT2D eigenvalue weighted by atomic mass is 16.7. The van der Waals surface area contributed by atoms with Crippen LogP contribution in [0.3, 0.4) is 0 Å². The number of carbonyl (C=O) groups excluding carboxylic acids is 1. The van der Waals surface area contributed by atoms with E-state index in [0.29, 0.717) is 23.7 Å². The zero-order valence-electron chi connectivity index (χ0n) is 13.5. The second-order valence-electron chi connectivity index (χ2n) is 6.00. The Kier molecular flexibility index (Phi) is 3.86. The van der Waals surface area contributed by atoms with Crippen molar-refractivity contribution in [3.8, 4) is 11.5 Å². The molecule has 0 bridgehead atoms. The fraction of sp³-hybridized carbons (Fsp3) is 0.278. The summed E-state index contributed by atoms with van der Waals surface area (Å²) in [5.74, 6) is 0.640. The van der Waals surface area contributed by atoms with Gasteiger partial charge in [-0.3, -0.25) is 0 Å². The summed E-state index contributed by atoms with van der Waals surface area (Å²) < 4.78 is 11.3. The van der Waals surface area contributed by atoms with Crippen molar-refractivity contribution >= 4 is 11.7 Å². The first-order valence-electron chi connectivity index (χ1n) is 7.54. The number of benzene rings is 2. The van der Waals surface area contributed by atoms with Crippen molar-refractivity contribution in [1.82, 2.24) is 5.32 Å². The Balaban J connectivity index is 1.60. The summed E-state index contributed by atoms with van der Waals surface area (Å²) in [5.41, 5.74) is 2.90. The molecule has 1 heterocycles. The molecule has 5 nitrogen and oxygen atoms in total. The first-order valence-corrected chi connectivity index (χ1v) is 7.54. The summed E-state index contributed by atoms with van der Waals surface area (Å²) in [6, 6.07) is 13.0. The smallest absolute Gasteiger partial charge is 0.319 e. The molecule has 1 aliphatic heterocycles. The monoisotopic (exact) mass is 312 g/mol. The second-order valence-corrected chi connectivity index (χ2v) is 6.00. The summed E-state index contributed by atoms with van der Waals surface area (Å²) in [5, 5.41) is 5.65. The maximum atomic E-state index is 12.0. The molecule has 5 heteroatoms. The molecule has 0 atom stereocenters. The lowest BCUT2D eigenvalue weighted by molar-refractivity contribution is -0.0431. The number of urea groups is 1. The molecular weight excluding hydrogens is 292 g/mol. The zero-order valence-corrected chi connectivity index (χ0v) is 13.5. The molecule has 0 saturated carbocycles. The SMILES string of the molecule is Cc1ccccc1CNC(=O)Nc1ccc2c(c1)OC(C)(C)O2. The van der Waals surface area contributed by atoms with E-state index >= 15 is 0 Å². The first kappa shape index (κ1) is 15.2. The number of carbonyl (C=O) groups is 1. The largest absolute Gasteiger partial charge is 0.449 e. The van der Waals surface area contributed by atoms with Gasteiger partial charge in [0.05, 0.1) is 0 Å². The number of hydrogen-bond donors (Lipinski definition) is 2. The van der Waals surface area contributed by atoms with Gasteiger partial charge in [0.2, 0.25) is 5.79 Å². The average Bonchev–Trinajstić information content (AvgIpc) is 2.79. The average molecular weight is 312 g/mol. The van der Waals surface area contributed by atoms with E-state index in [1.165, 1.54) is 0 Å². The number of nitrogens with one attached hydrogen (secondary N) is 2. The Hall–Kier alpha value is -2.69. The van der Waals surface area contributed by atoms with Crippen molar-refractivity contribution in [2.75, 3.05) is 5.32 Å². The third kappa shape index (κ3) is 3.56. The van der Waals surface area contributed by atoms with Gasteiger partial charge >= 0.3 is 6.03 Å². The highest BCUT2D eigenvalue weighted by Gasteiger charge is 2.31. The molecule has 2 aromatic rings. The number of rotatable bonds is 3. The maximum Gasteiger partial charge on any atom is 0.319 e. The van der Waals surface area contributed by atoms with Crippen LogP contribution in [-0.2, 0) is 6.54 Å². The third-order valence-electron chi connectivity index (χ3n) is 3.61. The number of fused-ring (bicyclic) bond motifs is 1. The van der Waals surface area contributed by atoms with Crippen molar-refractivity contribution in [2.45, 2.75) is 33.1 Å². The van der Waals surface area contributed by atoms with E-state index in [4.69, 9.17) is 9.47 Å². The fourth-order valence-electron chi connectivity index (χ4n) is 2.46. The van der Waals surface area contributed by atoms with Gasteiger partial charge in [0.1, 0.15) is 0 Å². The van der Waals surface area contributed by atoms with Crippen molar-refractivity contribution in [3.05, 3.63) is 53.6 Å². The van der Waals surface area contributed by atoms with Crippen LogP contribution in [0.1, 0.15) is 25.0 Å². The molecule has 0 aliphatic carbocycles. The van der Waals surface area contributed by atoms with Crippen molar-refractivity contribution in [3.63, 3.8) is 0 Å². The topological polar surface area (TPSA) is 59.6 Å². The van der Waals surface area contributed by atoms with Crippen molar-refractivity contribution in [2.24, 2.45) is 0 Å². The van der Waals surface area contributed by atoms with Crippen LogP contribution < -0.4 is 20.1 Å². The van der Waals surface area contributed by atoms with Crippen LogP contribution in [0.15, 0.2) is 42.5 Å². The number of ether oxygens (including phenoxy) is 2. The Labute approximate surface area is 135 Å². The fourth-order valence-corrected chi connectivity index (χ4v) is 2.46. The first-order chi connectivity index (χ1) is 10.9. The molecule has 0 fully saturated rings.